The molecule has 0 aromatic rings. The Kier molecular flexibility index (Phi) is 5.19. The molecule has 0 fully saturated rings. The van der Waals surface area contributed by atoms with Crippen LogP contribution >= 0.6 is 0 Å². The van der Waals surface area contributed by atoms with Crippen LogP contribution in [0.25, 0.3) is 0 Å². The van der Waals surface area contributed by atoms with Gasteiger partial charge in [0.1, 0.15) is 10.5 Å². The van der Waals surface area contributed by atoms with E-state index in [0.717, 1.165) is 0 Å². The third-order valence-corrected chi connectivity index (χ3v) is 5.78. The van der Waals surface area contributed by atoms with Gasteiger partial charge < -0.3 is 13.0 Å². The van der Waals surface area contributed by atoms with E-state index in [1.54, 1.807) is 0 Å². The molecule has 0 unspecified atom stereocenters. The molecule has 5 heteroatoms. The van der Waals surface area contributed by atoms with Crippen molar-refractivity contribution < 1.29 is 13.0 Å². The predicted octanol–water partition coefficient (Wildman–Crippen LogP) is -0.0749. The first-order valence-corrected chi connectivity index (χ1v) is 6.55. The summed E-state index contributed by atoms with van der Waals surface area (Å²) in [7, 11) is -1.47. The molecule has 0 aromatic heterocycles. The van der Waals surface area contributed by atoms with E-state index in [2.05, 4.69) is 0 Å². The molecule has 3 nitrogen and oxygen atoms in total. The van der Waals surface area contributed by atoms with Crippen LogP contribution in [0.4, 0.5) is 0 Å². The minimum absolute atomic E-state index is 0.672. The van der Waals surface area contributed by atoms with E-state index < -0.39 is 8.80 Å². The first-order chi connectivity index (χ1) is 4.68. The molecule has 0 aliphatic carbocycles. The van der Waals surface area contributed by atoms with Crippen molar-refractivity contribution in [1.82, 2.24) is 0 Å². The molecule has 62 valence electrons. The third-order valence-electron chi connectivity index (χ3n) is 1.18. The van der Waals surface area contributed by atoms with Gasteiger partial charge in [0.2, 0.25) is 0 Å². The highest BCUT2D eigenvalue weighted by molar-refractivity contribution is 6.62. The van der Waals surface area contributed by atoms with Gasteiger partial charge in [-0.25, -0.2) is 0 Å². The van der Waals surface area contributed by atoms with Crippen LogP contribution in [0.3, 0.4) is 0 Å². The standard InChI is InChI=1S/C5H16O3Si2/c1-4-6-10(3,8-9)7-5-2/h4-5H2,1-3,9H3. The van der Waals surface area contributed by atoms with Gasteiger partial charge in [0.15, 0.2) is 0 Å². The largest absolute Gasteiger partial charge is 0.486 e. The van der Waals surface area contributed by atoms with Crippen LogP contribution in [0.15, 0.2) is 0 Å². The molecule has 0 N–H and O–H groups in total. The molecular formula is C5H16O3Si2. The molecule has 0 rings (SSSR count). The van der Waals surface area contributed by atoms with Gasteiger partial charge in [0.05, 0.1) is 0 Å². The average molecular weight is 180 g/mol. The highest BCUT2D eigenvalue weighted by Gasteiger charge is 2.31. The first kappa shape index (κ1) is 10.3. The highest BCUT2D eigenvalue weighted by atomic mass is 28.4. The summed E-state index contributed by atoms with van der Waals surface area (Å²) < 4.78 is 15.9. The van der Waals surface area contributed by atoms with Crippen molar-refractivity contribution in [3.05, 3.63) is 0 Å². The second kappa shape index (κ2) is 5.03. The van der Waals surface area contributed by atoms with Crippen molar-refractivity contribution >= 4 is 19.3 Å². The van der Waals surface area contributed by atoms with Gasteiger partial charge in [0.25, 0.3) is 0 Å². The Bertz CT molecular complexity index is 83.0. The summed E-state index contributed by atoms with van der Waals surface area (Å²) in [4.78, 5) is 0. The molecule has 0 atom stereocenters. The van der Waals surface area contributed by atoms with Crippen LogP contribution in [-0.4, -0.2) is 32.5 Å². The third kappa shape index (κ3) is 3.47. The van der Waals surface area contributed by atoms with Crippen molar-refractivity contribution in [2.45, 2.75) is 20.4 Å². The monoisotopic (exact) mass is 180 g/mol. The lowest BCUT2D eigenvalue weighted by molar-refractivity contribution is 0.128. The molecule has 0 aliphatic heterocycles. The van der Waals surface area contributed by atoms with Gasteiger partial charge in [-0.15, -0.1) is 0 Å². The summed E-state index contributed by atoms with van der Waals surface area (Å²) in [6.07, 6.45) is 0. The summed E-state index contributed by atoms with van der Waals surface area (Å²) in [5, 5.41) is 0. The second-order valence-electron chi connectivity index (χ2n) is 1.93. The molecule has 0 heterocycles. The Labute approximate surface area is 66.6 Å². The molecule has 0 amide bonds. The molecule has 0 spiro atoms. The van der Waals surface area contributed by atoms with E-state index in [4.69, 9.17) is 13.0 Å². The minimum atomic E-state index is -2.16. The SMILES string of the molecule is CCO[Si](C)(O[SiH3])OCC. The number of hydrogen-bond acceptors (Lipinski definition) is 3. The summed E-state index contributed by atoms with van der Waals surface area (Å²) in [5.41, 5.74) is 0. The van der Waals surface area contributed by atoms with Crippen molar-refractivity contribution in [1.29, 1.82) is 0 Å². The summed E-state index contributed by atoms with van der Waals surface area (Å²) in [6, 6.07) is 0. The number of rotatable bonds is 5. The van der Waals surface area contributed by atoms with Gasteiger partial charge in [-0.2, -0.15) is 0 Å². The molecular weight excluding hydrogens is 164 g/mol. The second-order valence-corrected chi connectivity index (χ2v) is 5.87. The zero-order valence-corrected chi connectivity index (χ0v) is 10.1. The molecule has 0 saturated heterocycles. The van der Waals surface area contributed by atoms with Gasteiger partial charge in [-0.3, -0.25) is 0 Å². The summed E-state index contributed by atoms with van der Waals surface area (Å²) >= 11 is 0. The molecule has 0 radical (unpaired) electrons. The quantitative estimate of drug-likeness (QED) is 0.554. The van der Waals surface area contributed by atoms with E-state index in [1.165, 1.54) is 0 Å². The predicted molar refractivity (Wildman–Crippen MR) is 45.9 cm³/mol. The zero-order valence-electron chi connectivity index (χ0n) is 7.14. The zero-order chi connectivity index (χ0) is 8.04. The highest BCUT2D eigenvalue weighted by Crippen LogP contribution is 2.05. The van der Waals surface area contributed by atoms with Gasteiger partial charge in [-0.1, -0.05) is 0 Å². The Morgan fingerprint density at radius 1 is 1.20 bits per heavy atom. The fourth-order valence-corrected chi connectivity index (χ4v) is 2.76. The Hall–Kier alpha value is 0.314. The van der Waals surface area contributed by atoms with Crippen LogP contribution in [0.2, 0.25) is 6.55 Å². The molecule has 0 bridgehead atoms. The van der Waals surface area contributed by atoms with Gasteiger partial charge >= 0.3 is 8.80 Å². The summed E-state index contributed by atoms with van der Waals surface area (Å²) in [6.45, 7) is 7.17. The van der Waals surface area contributed by atoms with Crippen LogP contribution in [0.1, 0.15) is 13.8 Å². The first-order valence-electron chi connectivity index (χ1n) is 3.51. The lowest BCUT2D eigenvalue weighted by Gasteiger charge is -2.23. The van der Waals surface area contributed by atoms with Crippen LogP contribution in [0.5, 0.6) is 0 Å². The molecule has 10 heavy (non-hydrogen) atoms. The van der Waals surface area contributed by atoms with E-state index in [0.29, 0.717) is 23.7 Å². The Morgan fingerprint density at radius 2 is 1.60 bits per heavy atom. The maximum Gasteiger partial charge on any atom is 0.486 e. The fraction of sp³-hybridized carbons (Fsp3) is 1.00. The minimum Gasteiger partial charge on any atom is -0.425 e. The van der Waals surface area contributed by atoms with E-state index in [1.807, 2.05) is 20.4 Å². The maximum atomic E-state index is 5.35. The Balaban J connectivity index is 3.69. The van der Waals surface area contributed by atoms with Crippen LogP contribution in [-0.2, 0) is 13.0 Å². The summed E-state index contributed by atoms with van der Waals surface area (Å²) in [5.74, 6) is 0. The lowest BCUT2D eigenvalue weighted by atomic mass is 10.9. The Morgan fingerprint density at radius 3 is 1.80 bits per heavy atom. The van der Waals surface area contributed by atoms with Gasteiger partial charge in [0, 0.05) is 19.8 Å². The van der Waals surface area contributed by atoms with Crippen LogP contribution < -0.4 is 0 Å². The number of hydrogen-bond donors (Lipinski definition) is 0. The van der Waals surface area contributed by atoms with Gasteiger partial charge in [-0.05, 0) is 13.8 Å². The molecule has 0 aliphatic rings. The van der Waals surface area contributed by atoms with Crippen molar-refractivity contribution in [2.24, 2.45) is 0 Å². The molecule has 0 aromatic carbocycles. The average Bonchev–Trinajstić information content (AvgIpc) is 1.89. The topological polar surface area (TPSA) is 27.7 Å². The van der Waals surface area contributed by atoms with Crippen molar-refractivity contribution in [2.75, 3.05) is 13.2 Å². The van der Waals surface area contributed by atoms with E-state index in [9.17, 15) is 0 Å². The van der Waals surface area contributed by atoms with Crippen molar-refractivity contribution in [3.63, 3.8) is 0 Å². The smallest absolute Gasteiger partial charge is 0.425 e. The lowest BCUT2D eigenvalue weighted by Crippen LogP contribution is -2.41. The van der Waals surface area contributed by atoms with E-state index >= 15 is 0 Å². The maximum absolute atomic E-state index is 5.35. The van der Waals surface area contributed by atoms with Crippen molar-refractivity contribution in [3.8, 4) is 0 Å². The fourth-order valence-electron chi connectivity index (χ4n) is 0.684. The van der Waals surface area contributed by atoms with Crippen LogP contribution in [0, 0.1) is 0 Å². The molecule has 0 saturated carbocycles. The van der Waals surface area contributed by atoms with E-state index in [-0.39, 0.29) is 0 Å². The normalized spacial score (nSPS) is 12.3.